The average molecular weight is 241 g/mol. The van der Waals surface area contributed by atoms with Crippen molar-refractivity contribution in [3.8, 4) is 0 Å². The molecule has 16 heavy (non-hydrogen) atoms. The Balaban J connectivity index is 2.25. The molecular weight excluding hydrogens is 229 g/mol. The summed E-state index contributed by atoms with van der Waals surface area (Å²) in [6, 6.07) is 6.03. The molecule has 0 N–H and O–H groups in total. The Morgan fingerprint density at radius 3 is 2.50 bits per heavy atom. The van der Waals surface area contributed by atoms with Crippen molar-refractivity contribution in [3.05, 3.63) is 35.6 Å². The monoisotopic (exact) mass is 241 g/mol. The molecule has 2 rings (SSSR count). The first-order chi connectivity index (χ1) is 7.69. The Hall–Kier alpha value is -1.07. The van der Waals surface area contributed by atoms with Crippen LogP contribution in [0.4, 0.5) is 4.39 Å². The van der Waals surface area contributed by atoms with Gasteiger partial charge in [-0.25, -0.2) is 4.39 Å². The van der Waals surface area contributed by atoms with E-state index in [-0.39, 0.29) is 17.8 Å². The lowest BCUT2D eigenvalue weighted by atomic mass is 9.94. The highest BCUT2D eigenvalue weighted by atomic mass is 32.2. The zero-order chi connectivity index (χ0) is 11.7. The zero-order valence-corrected chi connectivity index (χ0v) is 9.83. The molecule has 2 atom stereocenters. The molecule has 1 aliphatic rings. The van der Waals surface area contributed by atoms with Gasteiger partial charge in [0.1, 0.15) is 11.9 Å². The fraction of sp³-hybridized carbons (Fsp3) is 0.364. The topological polar surface area (TPSA) is 29.5 Å². The van der Waals surface area contributed by atoms with E-state index in [4.69, 9.17) is 4.74 Å². The van der Waals surface area contributed by atoms with Gasteiger partial charge >= 0.3 is 0 Å². The van der Waals surface area contributed by atoms with Crippen molar-refractivity contribution in [2.75, 3.05) is 13.4 Å². The number of β-lactam (4-membered cyclic amide) rings is 1. The van der Waals surface area contributed by atoms with Crippen molar-refractivity contribution in [1.82, 2.24) is 4.31 Å². The molecule has 1 amide bonds. The number of amides is 1. The number of methoxy groups -OCH3 is 1. The van der Waals surface area contributed by atoms with E-state index >= 15 is 0 Å². The summed E-state index contributed by atoms with van der Waals surface area (Å²) in [6.45, 7) is 0. The van der Waals surface area contributed by atoms with Crippen molar-refractivity contribution in [1.29, 1.82) is 0 Å². The summed E-state index contributed by atoms with van der Waals surface area (Å²) in [7, 11) is 1.51. The lowest BCUT2D eigenvalue weighted by molar-refractivity contribution is -0.158. The van der Waals surface area contributed by atoms with Crippen LogP contribution < -0.4 is 0 Å². The second-order valence-electron chi connectivity index (χ2n) is 3.50. The van der Waals surface area contributed by atoms with Crippen molar-refractivity contribution in [3.63, 3.8) is 0 Å². The van der Waals surface area contributed by atoms with Gasteiger partial charge in [-0.1, -0.05) is 24.1 Å². The standard InChI is InChI=1S/C11H12FNO2S/c1-15-10-9(13(16-2)11(10)14)7-3-5-8(12)6-4-7/h3-6,9-10H,1-2H3. The van der Waals surface area contributed by atoms with Gasteiger partial charge in [-0.15, -0.1) is 0 Å². The molecule has 0 saturated carbocycles. The van der Waals surface area contributed by atoms with Gasteiger partial charge in [0, 0.05) is 13.4 Å². The molecule has 1 heterocycles. The number of nitrogens with zero attached hydrogens (tertiary/aromatic N) is 1. The zero-order valence-electron chi connectivity index (χ0n) is 9.01. The molecule has 0 spiro atoms. The van der Waals surface area contributed by atoms with Crippen molar-refractivity contribution in [2.45, 2.75) is 12.1 Å². The Bertz CT molecular complexity index is 381. The first-order valence-electron chi connectivity index (χ1n) is 4.84. The SMILES string of the molecule is COC1C(=O)N(SC)C1c1ccc(F)cc1. The smallest absolute Gasteiger partial charge is 0.264 e. The van der Waals surface area contributed by atoms with Crippen LogP contribution in [0.15, 0.2) is 24.3 Å². The molecule has 0 aliphatic carbocycles. The van der Waals surface area contributed by atoms with Gasteiger partial charge in [0.05, 0.1) is 0 Å². The van der Waals surface area contributed by atoms with Gasteiger partial charge in [0.2, 0.25) is 0 Å². The van der Waals surface area contributed by atoms with E-state index in [0.717, 1.165) is 5.56 Å². The third-order valence-electron chi connectivity index (χ3n) is 2.66. The minimum atomic E-state index is -0.446. The summed E-state index contributed by atoms with van der Waals surface area (Å²) in [5, 5.41) is 0. The van der Waals surface area contributed by atoms with Crippen LogP contribution in [-0.2, 0) is 9.53 Å². The molecule has 0 bridgehead atoms. The molecule has 1 aromatic carbocycles. The number of benzene rings is 1. The summed E-state index contributed by atoms with van der Waals surface area (Å²) in [6.07, 6.45) is 1.39. The maximum absolute atomic E-state index is 12.8. The van der Waals surface area contributed by atoms with Gasteiger partial charge in [0.25, 0.3) is 5.91 Å². The Labute approximate surface area is 97.7 Å². The third kappa shape index (κ3) is 1.70. The molecule has 5 heteroatoms. The van der Waals surface area contributed by atoms with Crippen LogP contribution in [0.1, 0.15) is 11.6 Å². The maximum Gasteiger partial charge on any atom is 0.264 e. The van der Waals surface area contributed by atoms with Crippen molar-refractivity contribution in [2.24, 2.45) is 0 Å². The lowest BCUT2D eigenvalue weighted by Crippen LogP contribution is -2.55. The highest BCUT2D eigenvalue weighted by Crippen LogP contribution is 2.40. The van der Waals surface area contributed by atoms with E-state index in [1.54, 1.807) is 16.4 Å². The number of hydrogen-bond acceptors (Lipinski definition) is 3. The number of hydrogen-bond donors (Lipinski definition) is 0. The lowest BCUT2D eigenvalue weighted by Gasteiger charge is -2.44. The van der Waals surface area contributed by atoms with E-state index in [2.05, 4.69) is 0 Å². The predicted molar refractivity (Wildman–Crippen MR) is 60.3 cm³/mol. The maximum atomic E-state index is 12.8. The van der Waals surface area contributed by atoms with Gasteiger partial charge < -0.3 is 4.74 Å². The van der Waals surface area contributed by atoms with Crippen LogP contribution in [0.2, 0.25) is 0 Å². The number of ether oxygens (including phenoxy) is 1. The molecule has 0 radical (unpaired) electrons. The quantitative estimate of drug-likeness (QED) is 0.599. The number of carbonyl (C=O) groups excluding carboxylic acids is 1. The number of carbonyl (C=O) groups is 1. The molecule has 1 fully saturated rings. The van der Waals surface area contributed by atoms with Crippen LogP contribution in [0.3, 0.4) is 0 Å². The third-order valence-corrected chi connectivity index (χ3v) is 3.46. The average Bonchev–Trinajstić information content (AvgIpc) is 2.28. The summed E-state index contributed by atoms with van der Waals surface area (Å²) in [5.74, 6) is -0.316. The minimum absolute atomic E-state index is 0.0377. The van der Waals surface area contributed by atoms with Crippen molar-refractivity contribution >= 4 is 17.9 Å². The van der Waals surface area contributed by atoms with Crippen LogP contribution in [0, 0.1) is 5.82 Å². The summed E-state index contributed by atoms with van der Waals surface area (Å²) in [4.78, 5) is 11.6. The molecule has 2 unspecified atom stereocenters. The second-order valence-corrected chi connectivity index (χ2v) is 4.26. The van der Waals surface area contributed by atoms with E-state index in [1.165, 1.54) is 31.2 Å². The minimum Gasteiger partial charge on any atom is -0.369 e. The highest BCUT2D eigenvalue weighted by molar-refractivity contribution is 7.96. The Morgan fingerprint density at radius 1 is 1.38 bits per heavy atom. The normalized spacial score (nSPS) is 24.4. The van der Waals surface area contributed by atoms with E-state index in [1.807, 2.05) is 6.26 Å². The van der Waals surface area contributed by atoms with Crippen LogP contribution >= 0.6 is 11.9 Å². The molecule has 1 aliphatic heterocycles. The van der Waals surface area contributed by atoms with Gasteiger partial charge in [-0.3, -0.25) is 9.10 Å². The van der Waals surface area contributed by atoms with Gasteiger partial charge in [-0.2, -0.15) is 0 Å². The first kappa shape index (κ1) is 11.4. The van der Waals surface area contributed by atoms with E-state index in [9.17, 15) is 9.18 Å². The van der Waals surface area contributed by atoms with Crippen LogP contribution in [0.25, 0.3) is 0 Å². The first-order valence-corrected chi connectivity index (χ1v) is 6.02. The molecule has 0 aromatic heterocycles. The largest absolute Gasteiger partial charge is 0.369 e. The molecule has 3 nitrogen and oxygen atoms in total. The molecule has 1 aromatic rings. The fourth-order valence-corrected chi connectivity index (χ4v) is 2.59. The second kappa shape index (κ2) is 4.43. The number of halogens is 1. The van der Waals surface area contributed by atoms with Crippen LogP contribution in [0.5, 0.6) is 0 Å². The summed E-state index contributed by atoms with van der Waals surface area (Å²) < 4.78 is 19.6. The van der Waals surface area contributed by atoms with Gasteiger partial charge in [0.15, 0.2) is 6.10 Å². The van der Waals surface area contributed by atoms with E-state index < -0.39 is 6.10 Å². The Kier molecular flexibility index (Phi) is 3.16. The molecule has 86 valence electrons. The molecular formula is C11H12FNO2S. The van der Waals surface area contributed by atoms with Gasteiger partial charge in [-0.05, 0) is 17.7 Å². The highest BCUT2D eigenvalue weighted by Gasteiger charge is 2.48. The predicted octanol–water partition coefficient (Wildman–Crippen LogP) is 2.00. The summed E-state index contributed by atoms with van der Waals surface area (Å²) >= 11 is 1.36. The summed E-state index contributed by atoms with van der Waals surface area (Å²) in [5.41, 5.74) is 0.891. The van der Waals surface area contributed by atoms with Crippen molar-refractivity contribution < 1.29 is 13.9 Å². The van der Waals surface area contributed by atoms with Crippen LogP contribution in [-0.4, -0.2) is 29.7 Å². The Morgan fingerprint density at radius 2 is 2.00 bits per heavy atom. The molecule has 1 saturated heterocycles. The van der Waals surface area contributed by atoms with E-state index in [0.29, 0.717) is 0 Å². The number of rotatable bonds is 3. The fourth-order valence-electron chi connectivity index (χ4n) is 1.84.